The number of nitrogens with one attached hydrogen (secondary N) is 1. The Kier molecular flexibility index (Phi) is 6.25. The van der Waals surface area contributed by atoms with Gasteiger partial charge in [-0.15, -0.1) is 0 Å². The molecular formula is C19H19FN2O2. The van der Waals surface area contributed by atoms with Crippen LogP contribution in [0, 0.1) is 5.82 Å². The lowest BCUT2D eigenvalue weighted by Gasteiger charge is -2.13. The molecule has 5 heteroatoms. The maximum absolute atomic E-state index is 13.1. The van der Waals surface area contributed by atoms with Crippen molar-refractivity contribution in [3.8, 4) is 0 Å². The van der Waals surface area contributed by atoms with Gasteiger partial charge in [0.2, 0.25) is 11.8 Å². The number of amides is 2. The molecule has 0 unspecified atom stereocenters. The van der Waals surface area contributed by atoms with Crippen molar-refractivity contribution in [2.75, 3.05) is 0 Å². The molecule has 24 heavy (non-hydrogen) atoms. The van der Waals surface area contributed by atoms with E-state index in [1.54, 1.807) is 12.1 Å². The fraction of sp³-hybridized carbons (Fsp3) is 0.158. The zero-order valence-corrected chi connectivity index (χ0v) is 13.1. The second-order valence-electron chi connectivity index (χ2n) is 5.38. The molecule has 0 aliphatic heterocycles. The van der Waals surface area contributed by atoms with Gasteiger partial charge in [-0.05, 0) is 29.7 Å². The lowest BCUT2D eigenvalue weighted by Crippen LogP contribution is -2.44. The van der Waals surface area contributed by atoms with Crippen molar-refractivity contribution in [3.63, 3.8) is 0 Å². The molecule has 2 amide bonds. The molecular weight excluding hydrogens is 307 g/mol. The van der Waals surface area contributed by atoms with Gasteiger partial charge in [0.05, 0.1) is 6.42 Å². The predicted octanol–water partition coefficient (Wildman–Crippen LogP) is 2.44. The van der Waals surface area contributed by atoms with Gasteiger partial charge in [-0.3, -0.25) is 9.59 Å². The van der Waals surface area contributed by atoms with Crippen LogP contribution in [0.15, 0.2) is 60.7 Å². The molecule has 0 aromatic heterocycles. The number of carbonyl (C=O) groups is 2. The molecule has 2 rings (SSSR count). The molecule has 0 aliphatic carbocycles. The summed E-state index contributed by atoms with van der Waals surface area (Å²) in [6.45, 7) is 0. The number of nitrogens with two attached hydrogens (primary N) is 1. The summed E-state index contributed by atoms with van der Waals surface area (Å²) >= 11 is 0. The van der Waals surface area contributed by atoms with E-state index < -0.39 is 17.8 Å². The van der Waals surface area contributed by atoms with Crippen molar-refractivity contribution in [3.05, 3.63) is 77.6 Å². The summed E-state index contributed by atoms with van der Waals surface area (Å²) in [6, 6.07) is 14.6. The summed E-state index contributed by atoms with van der Waals surface area (Å²) < 4.78 is 13.1. The summed E-state index contributed by atoms with van der Waals surface area (Å²) in [7, 11) is 0. The first-order chi connectivity index (χ1) is 11.5. The summed E-state index contributed by atoms with van der Waals surface area (Å²) in [5, 5.41) is 2.58. The van der Waals surface area contributed by atoms with E-state index in [1.165, 1.54) is 18.2 Å². The van der Waals surface area contributed by atoms with E-state index in [0.29, 0.717) is 12.0 Å². The summed E-state index contributed by atoms with van der Waals surface area (Å²) in [5.41, 5.74) is 6.86. The molecule has 2 aromatic carbocycles. The Balaban J connectivity index is 1.92. The SMILES string of the molecule is NC(=O)[C@H](C/C=C/c1ccccc1)NC(=O)Cc1cccc(F)c1. The molecule has 124 valence electrons. The number of benzene rings is 2. The molecule has 0 saturated carbocycles. The minimum absolute atomic E-state index is 0.00998. The van der Waals surface area contributed by atoms with Gasteiger partial charge in [-0.2, -0.15) is 0 Å². The van der Waals surface area contributed by atoms with Crippen LogP contribution in [0.3, 0.4) is 0 Å². The zero-order chi connectivity index (χ0) is 17.4. The highest BCUT2D eigenvalue weighted by Gasteiger charge is 2.16. The van der Waals surface area contributed by atoms with Crippen LogP contribution in [0.2, 0.25) is 0 Å². The first-order valence-electron chi connectivity index (χ1n) is 7.59. The standard InChI is InChI=1S/C19H19FN2O2/c20-16-10-4-9-15(12-16)13-18(23)22-17(19(21)24)11-5-8-14-6-2-1-3-7-14/h1-10,12,17H,11,13H2,(H2,21,24)(H,22,23)/b8-5+/t17-/m0/s1. The molecule has 1 atom stereocenters. The molecule has 0 fully saturated rings. The van der Waals surface area contributed by atoms with Crippen LogP contribution in [0.1, 0.15) is 17.5 Å². The van der Waals surface area contributed by atoms with Crippen molar-refractivity contribution in [2.24, 2.45) is 5.73 Å². The minimum atomic E-state index is -0.800. The van der Waals surface area contributed by atoms with Gasteiger partial charge in [0.1, 0.15) is 11.9 Å². The van der Waals surface area contributed by atoms with Gasteiger partial charge in [0, 0.05) is 0 Å². The van der Waals surface area contributed by atoms with Crippen LogP contribution >= 0.6 is 0 Å². The Hall–Kier alpha value is -2.95. The largest absolute Gasteiger partial charge is 0.368 e. The first kappa shape index (κ1) is 17.4. The molecule has 0 heterocycles. The average molecular weight is 326 g/mol. The van der Waals surface area contributed by atoms with Crippen molar-refractivity contribution in [1.29, 1.82) is 0 Å². The molecule has 2 aromatic rings. The highest BCUT2D eigenvalue weighted by Crippen LogP contribution is 2.06. The van der Waals surface area contributed by atoms with E-state index in [0.717, 1.165) is 5.56 Å². The van der Waals surface area contributed by atoms with Crippen LogP contribution in [-0.2, 0) is 16.0 Å². The first-order valence-corrected chi connectivity index (χ1v) is 7.59. The normalized spacial score (nSPS) is 12.0. The summed E-state index contributed by atoms with van der Waals surface area (Å²) in [6.07, 6.45) is 3.92. The number of primary amides is 1. The maximum atomic E-state index is 13.1. The van der Waals surface area contributed by atoms with Crippen LogP contribution < -0.4 is 11.1 Å². The highest BCUT2D eigenvalue weighted by atomic mass is 19.1. The Morgan fingerprint density at radius 1 is 1.12 bits per heavy atom. The zero-order valence-electron chi connectivity index (χ0n) is 13.1. The van der Waals surface area contributed by atoms with Gasteiger partial charge >= 0.3 is 0 Å². The fourth-order valence-electron chi connectivity index (χ4n) is 2.23. The average Bonchev–Trinajstić information content (AvgIpc) is 2.54. The summed E-state index contributed by atoms with van der Waals surface area (Å²) in [5.74, 6) is -1.39. The Morgan fingerprint density at radius 3 is 2.54 bits per heavy atom. The van der Waals surface area contributed by atoms with Crippen LogP contribution in [-0.4, -0.2) is 17.9 Å². The molecule has 0 aliphatic rings. The minimum Gasteiger partial charge on any atom is -0.368 e. The Morgan fingerprint density at radius 2 is 1.88 bits per heavy atom. The van der Waals surface area contributed by atoms with Gasteiger partial charge in [0.25, 0.3) is 0 Å². The third-order valence-corrected chi connectivity index (χ3v) is 3.41. The van der Waals surface area contributed by atoms with E-state index in [1.807, 2.05) is 36.4 Å². The van der Waals surface area contributed by atoms with Crippen LogP contribution in [0.4, 0.5) is 4.39 Å². The fourth-order valence-corrected chi connectivity index (χ4v) is 2.23. The topological polar surface area (TPSA) is 72.2 Å². The van der Waals surface area contributed by atoms with Crippen LogP contribution in [0.25, 0.3) is 6.08 Å². The van der Waals surface area contributed by atoms with Crippen molar-refractivity contribution < 1.29 is 14.0 Å². The van der Waals surface area contributed by atoms with E-state index in [9.17, 15) is 14.0 Å². The van der Waals surface area contributed by atoms with E-state index in [-0.39, 0.29) is 12.3 Å². The monoisotopic (exact) mass is 326 g/mol. The highest BCUT2D eigenvalue weighted by molar-refractivity contribution is 5.87. The predicted molar refractivity (Wildman–Crippen MR) is 91.3 cm³/mol. The van der Waals surface area contributed by atoms with Gasteiger partial charge in [-0.1, -0.05) is 54.6 Å². The number of hydrogen-bond donors (Lipinski definition) is 2. The smallest absolute Gasteiger partial charge is 0.240 e. The third kappa shape index (κ3) is 5.68. The Labute approximate surface area is 140 Å². The van der Waals surface area contributed by atoms with Crippen LogP contribution in [0.5, 0.6) is 0 Å². The van der Waals surface area contributed by atoms with E-state index in [2.05, 4.69) is 5.32 Å². The third-order valence-electron chi connectivity index (χ3n) is 3.41. The lowest BCUT2D eigenvalue weighted by molar-refractivity contribution is -0.126. The number of rotatable bonds is 7. The summed E-state index contributed by atoms with van der Waals surface area (Å²) in [4.78, 5) is 23.5. The second-order valence-corrected chi connectivity index (χ2v) is 5.38. The molecule has 3 N–H and O–H groups in total. The number of carbonyl (C=O) groups excluding carboxylic acids is 2. The number of halogens is 1. The molecule has 0 saturated heterocycles. The van der Waals surface area contributed by atoms with Crippen molar-refractivity contribution >= 4 is 17.9 Å². The van der Waals surface area contributed by atoms with Crippen molar-refractivity contribution in [2.45, 2.75) is 18.9 Å². The molecule has 0 radical (unpaired) electrons. The molecule has 0 spiro atoms. The number of hydrogen-bond acceptors (Lipinski definition) is 2. The van der Waals surface area contributed by atoms with E-state index >= 15 is 0 Å². The molecule has 4 nitrogen and oxygen atoms in total. The second kappa shape index (κ2) is 8.62. The Bertz CT molecular complexity index is 729. The van der Waals surface area contributed by atoms with Gasteiger partial charge in [-0.25, -0.2) is 4.39 Å². The maximum Gasteiger partial charge on any atom is 0.240 e. The molecule has 0 bridgehead atoms. The van der Waals surface area contributed by atoms with E-state index in [4.69, 9.17) is 5.73 Å². The van der Waals surface area contributed by atoms with Gasteiger partial charge in [0.15, 0.2) is 0 Å². The van der Waals surface area contributed by atoms with Crippen molar-refractivity contribution in [1.82, 2.24) is 5.32 Å². The lowest BCUT2D eigenvalue weighted by atomic mass is 10.1. The van der Waals surface area contributed by atoms with Gasteiger partial charge < -0.3 is 11.1 Å². The quantitative estimate of drug-likeness (QED) is 0.820.